The molecule has 0 spiro atoms. The quantitative estimate of drug-likeness (QED) is 0.762. The molecule has 2 aromatic rings. The summed E-state index contributed by atoms with van der Waals surface area (Å²) in [6.07, 6.45) is 2.17. The number of benzene rings is 1. The van der Waals surface area contributed by atoms with Crippen LogP contribution in [0.5, 0.6) is 0 Å². The molecule has 1 aromatic carbocycles. The first-order valence-corrected chi connectivity index (χ1v) is 8.80. The van der Waals surface area contributed by atoms with Crippen LogP contribution in [0.15, 0.2) is 41.8 Å². The van der Waals surface area contributed by atoms with E-state index >= 15 is 0 Å². The van der Waals surface area contributed by atoms with Crippen molar-refractivity contribution in [1.29, 1.82) is 0 Å². The molecule has 2 nitrogen and oxygen atoms in total. The van der Waals surface area contributed by atoms with Crippen LogP contribution >= 0.6 is 11.3 Å². The Morgan fingerprint density at radius 3 is 2.50 bits per heavy atom. The molecule has 1 saturated heterocycles. The first kappa shape index (κ1) is 15.3. The Morgan fingerprint density at radius 2 is 1.91 bits per heavy atom. The lowest BCUT2D eigenvalue weighted by Gasteiger charge is -2.25. The Bertz CT molecular complexity index is 637. The fourth-order valence-electron chi connectivity index (χ4n) is 3.07. The van der Waals surface area contributed by atoms with Gasteiger partial charge in [-0.2, -0.15) is 0 Å². The van der Waals surface area contributed by atoms with Gasteiger partial charge in [-0.05, 0) is 47.4 Å². The summed E-state index contributed by atoms with van der Waals surface area (Å²) in [6.45, 7) is 7.44. The van der Waals surface area contributed by atoms with Crippen LogP contribution in [0.1, 0.15) is 60.5 Å². The van der Waals surface area contributed by atoms with Gasteiger partial charge in [-0.25, -0.2) is 0 Å². The fourth-order valence-corrected chi connectivity index (χ4v) is 3.94. The SMILES string of the molecule is CC(C)(C)c1ccc(C(=O)N2CCC[C@H]2c2cccs2)cc1. The molecule has 1 aliphatic heterocycles. The molecule has 2 heterocycles. The Balaban J connectivity index is 1.81. The smallest absolute Gasteiger partial charge is 0.254 e. The van der Waals surface area contributed by atoms with Crippen molar-refractivity contribution in [1.82, 2.24) is 4.90 Å². The van der Waals surface area contributed by atoms with Gasteiger partial charge < -0.3 is 4.90 Å². The van der Waals surface area contributed by atoms with Crippen LogP contribution in [0.2, 0.25) is 0 Å². The summed E-state index contributed by atoms with van der Waals surface area (Å²) in [7, 11) is 0. The van der Waals surface area contributed by atoms with Crippen molar-refractivity contribution in [2.24, 2.45) is 0 Å². The number of carbonyl (C=O) groups excluding carboxylic acids is 1. The van der Waals surface area contributed by atoms with E-state index in [1.54, 1.807) is 11.3 Å². The van der Waals surface area contributed by atoms with Gasteiger partial charge in [0.2, 0.25) is 0 Å². The van der Waals surface area contributed by atoms with Gasteiger partial charge in [0.05, 0.1) is 6.04 Å². The predicted octanol–water partition coefficient (Wildman–Crippen LogP) is 5.02. The van der Waals surface area contributed by atoms with E-state index in [-0.39, 0.29) is 17.4 Å². The van der Waals surface area contributed by atoms with E-state index in [1.165, 1.54) is 10.4 Å². The summed E-state index contributed by atoms with van der Waals surface area (Å²) in [5, 5.41) is 2.09. The van der Waals surface area contributed by atoms with Crippen molar-refractivity contribution in [3.8, 4) is 0 Å². The highest BCUT2D eigenvalue weighted by atomic mass is 32.1. The molecular formula is C19H23NOS. The van der Waals surface area contributed by atoms with Crippen LogP contribution in [0.25, 0.3) is 0 Å². The van der Waals surface area contributed by atoms with Crippen LogP contribution in [-0.4, -0.2) is 17.4 Å². The van der Waals surface area contributed by atoms with Gasteiger partial charge >= 0.3 is 0 Å². The highest BCUT2D eigenvalue weighted by Crippen LogP contribution is 2.35. The van der Waals surface area contributed by atoms with E-state index in [9.17, 15) is 4.79 Å². The number of carbonyl (C=O) groups is 1. The number of nitrogens with zero attached hydrogens (tertiary/aromatic N) is 1. The molecule has 1 fully saturated rings. The molecule has 0 bridgehead atoms. The summed E-state index contributed by atoms with van der Waals surface area (Å²) in [6, 6.07) is 12.6. The minimum absolute atomic E-state index is 0.120. The second-order valence-corrected chi connectivity index (χ2v) is 7.98. The number of hydrogen-bond acceptors (Lipinski definition) is 2. The normalized spacial score (nSPS) is 18.7. The minimum atomic E-state index is 0.120. The molecule has 3 rings (SSSR count). The van der Waals surface area contributed by atoms with Crippen LogP contribution in [0, 0.1) is 0 Å². The molecule has 116 valence electrons. The topological polar surface area (TPSA) is 20.3 Å². The van der Waals surface area contributed by atoms with Crippen LogP contribution < -0.4 is 0 Å². The third kappa shape index (κ3) is 2.95. The predicted molar refractivity (Wildman–Crippen MR) is 92.5 cm³/mol. The zero-order chi connectivity index (χ0) is 15.7. The molecule has 1 aliphatic rings. The number of rotatable bonds is 2. The second-order valence-electron chi connectivity index (χ2n) is 7.00. The van der Waals surface area contributed by atoms with E-state index < -0.39 is 0 Å². The van der Waals surface area contributed by atoms with E-state index in [1.807, 2.05) is 17.0 Å². The number of amides is 1. The maximum absolute atomic E-state index is 12.8. The lowest BCUT2D eigenvalue weighted by atomic mass is 9.86. The third-order valence-corrected chi connectivity index (χ3v) is 5.36. The van der Waals surface area contributed by atoms with Gasteiger partial charge in [0.25, 0.3) is 5.91 Å². The Hall–Kier alpha value is -1.61. The maximum Gasteiger partial charge on any atom is 0.254 e. The lowest BCUT2D eigenvalue weighted by molar-refractivity contribution is 0.0738. The van der Waals surface area contributed by atoms with Crippen molar-refractivity contribution in [2.75, 3.05) is 6.54 Å². The van der Waals surface area contributed by atoms with Crippen molar-refractivity contribution < 1.29 is 4.79 Å². The van der Waals surface area contributed by atoms with Gasteiger partial charge in [-0.15, -0.1) is 11.3 Å². The van der Waals surface area contributed by atoms with Gasteiger partial charge in [0.15, 0.2) is 0 Å². The van der Waals surface area contributed by atoms with E-state index in [0.717, 1.165) is 24.9 Å². The van der Waals surface area contributed by atoms with Gasteiger partial charge in [-0.3, -0.25) is 4.79 Å². The maximum atomic E-state index is 12.8. The molecule has 1 amide bonds. The fraction of sp³-hybridized carbons (Fsp3) is 0.421. The summed E-state index contributed by atoms with van der Waals surface area (Å²) in [5.41, 5.74) is 2.19. The van der Waals surface area contributed by atoms with E-state index in [2.05, 4.69) is 50.4 Å². The first-order valence-electron chi connectivity index (χ1n) is 7.92. The lowest BCUT2D eigenvalue weighted by Crippen LogP contribution is -2.30. The van der Waals surface area contributed by atoms with Crippen LogP contribution in [-0.2, 0) is 5.41 Å². The van der Waals surface area contributed by atoms with Gasteiger partial charge in [0, 0.05) is 17.0 Å². The monoisotopic (exact) mass is 313 g/mol. The number of likely N-dealkylation sites (tertiary alicyclic amines) is 1. The Labute approximate surface area is 136 Å². The molecule has 0 aliphatic carbocycles. The molecular weight excluding hydrogens is 290 g/mol. The summed E-state index contributed by atoms with van der Waals surface area (Å²) < 4.78 is 0. The summed E-state index contributed by atoms with van der Waals surface area (Å²) in [5.74, 6) is 0.163. The molecule has 0 saturated carbocycles. The first-order chi connectivity index (χ1) is 10.5. The summed E-state index contributed by atoms with van der Waals surface area (Å²) >= 11 is 1.75. The zero-order valence-corrected chi connectivity index (χ0v) is 14.3. The standard InChI is InChI=1S/C19H23NOS/c1-19(2,3)15-10-8-14(9-11-15)18(21)20-12-4-6-16(20)17-7-5-13-22-17/h5,7-11,13,16H,4,6,12H2,1-3H3/t16-/m0/s1. The summed E-state index contributed by atoms with van der Waals surface area (Å²) in [4.78, 5) is 16.2. The number of thiophene rings is 1. The number of hydrogen-bond donors (Lipinski definition) is 0. The van der Waals surface area contributed by atoms with Crippen LogP contribution in [0.3, 0.4) is 0 Å². The largest absolute Gasteiger partial charge is 0.331 e. The van der Waals surface area contributed by atoms with E-state index in [4.69, 9.17) is 0 Å². The molecule has 0 N–H and O–H groups in total. The third-order valence-electron chi connectivity index (χ3n) is 4.38. The van der Waals surface area contributed by atoms with Crippen molar-refractivity contribution in [3.05, 3.63) is 57.8 Å². The molecule has 3 heteroatoms. The van der Waals surface area contributed by atoms with Crippen molar-refractivity contribution in [3.63, 3.8) is 0 Å². The molecule has 0 unspecified atom stereocenters. The van der Waals surface area contributed by atoms with Gasteiger partial charge in [0.1, 0.15) is 0 Å². The molecule has 22 heavy (non-hydrogen) atoms. The van der Waals surface area contributed by atoms with Crippen molar-refractivity contribution in [2.45, 2.75) is 45.1 Å². The van der Waals surface area contributed by atoms with E-state index in [0.29, 0.717) is 0 Å². The molecule has 1 aromatic heterocycles. The average Bonchev–Trinajstić information content (AvgIpc) is 3.16. The minimum Gasteiger partial charge on any atom is -0.331 e. The highest BCUT2D eigenvalue weighted by Gasteiger charge is 2.31. The second kappa shape index (κ2) is 5.88. The molecule has 1 atom stereocenters. The van der Waals surface area contributed by atoms with Gasteiger partial charge in [-0.1, -0.05) is 39.0 Å². The zero-order valence-electron chi connectivity index (χ0n) is 13.5. The van der Waals surface area contributed by atoms with Crippen LogP contribution in [0.4, 0.5) is 0 Å². The Morgan fingerprint density at radius 1 is 1.18 bits per heavy atom. The Kier molecular flexibility index (Phi) is 4.09. The highest BCUT2D eigenvalue weighted by molar-refractivity contribution is 7.10. The molecule has 0 radical (unpaired) electrons. The average molecular weight is 313 g/mol. The van der Waals surface area contributed by atoms with Crippen molar-refractivity contribution >= 4 is 17.2 Å².